The third-order valence-corrected chi connectivity index (χ3v) is 3.51. The maximum Gasteiger partial charge on any atom is 0.307 e. The van der Waals surface area contributed by atoms with E-state index in [0.29, 0.717) is 24.8 Å². The number of aliphatic carboxylic acids is 1. The third kappa shape index (κ3) is 4.03. The zero-order valence-corrected chi connectivity index (χ0v) is 11.4. The van der Waals surface area contributed by atoms with Gasteiger partial charge in [0.2, 0.25) is 0 Å². The van der Waals surface area contributed by atoms with E-state index in [1.54, 1.807) is 0 Å². The highest BCUT2D eigenvalue weighted by atomic mass is 16.4. The van der Waals surface area contributed by atoms with Crippen molar-refractivity contribution in [3.8, 4) is 17.2 Å². The van der Waals surface area contributed by atoms with E-state index in [9.17, 15) is 20.1 Å². The van der Waals surface area contributed by atoms with Gasteiger partial charge in [-0.25, -0.2) is 0 Å². The second-order valence-electron chi connectivity index (χ2n) is 4.95. The van der Waals surface area contributed by atoms with Crippen molar-refractivity contribution in [1.82, 2.24) is 0 Å². The fourth-order valence-corrected chi connectivity index (χ4v) is 2.22. The van der Waals surface area contributed by atoms with E-state index < -0.39 is 11.9 Å². The molecule has 0 fully saturated rings. The number of carbonyl (C=O) groups is 1. The first kappa shape index (κ1) is 16.1. The number of nitrogens with two attached hydrogens (primary N) is 1. The molecule has 20 heavy (non-hydrogen) atoms. The number of phenolic OH excluding ortho intramolecular Hbond substituents is 3. The Hall–Kier alpha value is -1.95. The molecule has 0 radical (unpaired) electrons. The number of phenols is 3. The lowest BCUT2D eigenvalue weighted by atomic mass is 9.87. The molecule has 2 unspecified atom stereocenters. The molecule has 1 rings (SSSR count). The van der Waals surface area contributed by atoms with Crippen molar-refractivity contribution in [2.24, 2.45) is 17.6 Å². The predicted molar refractivity (Wildman–Crippen MR) is 73.7 cm³/mol. The third-order valence-electron chi connectivity index (χ3n) is 3.51. The summed E-state index contributed by atoms with van der Waals surface area (Å²) in [6.07, 6.45) is 1.41. The van der Waals surface area contributed by atoms with Crippen LogP contribution in [0.5, 0.6) is 17.2 Å². The summed E-state index contributed by atoms with van der Waals surface area (Å²) in [7, 11) is 0. The quantitative estimate of drug-likeness (QED) is 0.515. The van der Waals surface area contributed by atoms with Crippen LogP contribution in [0.15, 0.2) is 12.1 Å². The molecule has 0 saturated carbocycles. The van der Waals surface area contributed by atoms with E-state index in [1.807, 2.05) is 6.92 Å². The van der Waals surface area contributed by atoms with Gasteiger partial charge in [0.05, 0.1) is 5.92 Å². The number of hydrogen-bond acceptors (Lipinski definition) is 5. The molecule has 112 valence electrons. The van der Waals surface area contributed by atoms with Crippen LogP contribution in [0.25, 0.3) is 0 Å². The van der Waals surface area contributed by atoms with Gasteiger partial charge in [-0.2, -0.15) is 0 Å². The Morgan fingerprint density at radius 3 is 2.20 bits per heavy atom. The minimum Gasteiger partial charge on any atom is -0.508 e. The average Bonchev–Trinajstić information content (AvgIpc) is 2.36. The fourth-order valence-electron chi connectivity index (χ4n) is 2.22. The molecule has 0 aliphatic heterocycles. The van der Waals surface area contributed by atoms with E-state index in [1.165, 1.54) is 0 Å². The summed E-state index contributed by atoms with van der Waals surface area (Å²) in [5.41, 5.74) is 5.75. The standard InChI is InChI=1S/C14H21NO5/c1-2-8(3-9(7-15)14(19)20)4-11-12(17)5-10(16)6-13(11)18/h5-6,8-9,16-18H,2-4,7,15H2,1H3,(H,19,20). The summed E-state index contributed by atoms with van der Waals surface area (Å²) in [6, 6.07) is 2.30. The summed E-state index contributed by atoms with van der Waals surface area (Å²) in [4.78, 5) is 11.0. The fraction of sp³-hybridized carbons (Fsp3) is 0.500. The predicted octanol–water partition coefficient (Wildman–Crippen LogP) is 1.42. The van der Waals surface area contributed by atoms with E-state index in [-0.39, 0.29) is 29.7 Å². The summed E-state index contributed by atoms with van der Waals surface area (Å²) in [5, 5.41) is 37.8. The lowest BCUT2D eigenvalue weighted by Crippen LogP contribution is -2.26. The number of carboxylic acid groups (broad SMARTS) is 1. The zero-order chi connectivity index (χ0) is 15.3. The molecular weight excluding hydrogens is 262 g/mol. The van der Waals surface area contributed by atoms with Crippen LogP contribution < -0.4 is 5.73 Å². The molecule has 6 N–H and O–H groups in total. The second-order valence-corrected chi connectivity index (χ2v) is 4.95. The normalized spacial score (nSPS) is 13.9. The van der Waals surface area contributed by atoms with Crippen LogP contribution in [-0.4, -0.2) is 32.9 Å². The van der Waals surface area contributed by atoms with Crippen LogP contribution in [-0.2, 0) is 11.2 Å². The number of benzene rings is 1. The van der Waals surface area contributed by atoms with E-state index >= 15 is 0 Å². The molecular formula is C14H21NO5. The van der Waals surface area contributed by atoms with Crippen LogP contribution in [0.1, 0.15) is 25.3 Å². The maximum absolute atomic E-state index is 11.0. The van der Waals surface area contributed by atoms with Gasteiger partial charge in [-0.05, 0) is 18.8 Å². The van der Waals surface area contributed by atoms with Crippen LogP contribution in [0.3, 0.4) is 0 Å². The second kappa shape index (κ2) is 7.00. The molecule has 6 nitrogen and oxygen atoms in total. The van der Waals surface area contributed by atoms with E-state index in [0.717, 1.165) is 12.1 Å². The van der Waals surface area contributed by atoms with Gasteiger partial charge >= 0.3 is 5.97 Å². The first-order valence-corrected chi connectivity index (χ1v) is 6.55. The number of aromatic hydroxyl groups is 3. The Morgan fingerprint density at radius 2 is 1.80 bits per heavy atom. The molecule has 0 bridgehead atoms. The highest BCUT2D eigenvalue weighted by Crippen LogP contribution is 2.35. The first-order chi connectivity index (χ1) is 9.38. The van der Waals surface area contributed by atoms with Crippen LogP contribution in [0.4, 0.5) is 0 Å². The summed E-state index contributed by atoms with van der Waals surface area (Å²) < 4.78 is 0. The molecule has 2 atom stereocenters. The van der Waals surface area contributed by atoms with Crippen molar-refractivity contribution in [3.05, 3.63) is 17.7 Å². The number of rotatable bonds is 7. The number of carboxylic acids is 1. The minimum atomic E-state index is -0.940. The monoisotopic (exact) mass is 283 g/mol. The largest absolute Gasteiger partial charge is 0.508 e. The van der Waals surface area contributed by atoms with Crippen molar-refractivity contribution in [3.63, 3.8) is 0 Å². The van der Waals surface area contributed by atoms with Crippen molar-refractivity contribution in [1.29, 1.82) is 0 Å². The van der Waals surface area contributed by atoms with Gasteiger partial charge in [0.25, 0.3) is 0 Å². The maximum atomic E-state index is 11.0. The smallest absolute Gasteiger partial charge is 0.307 e. The van der Waals surface area contributed by atoms with Crippen LogP contribution in [0.2, 0.25) is 0 Å². The van der Waals surface area contributed by atoms with Crippen molar-refractivity contribution < 1.29 is 25.2 Å². The molecule has 0 spiro atoms. The molecule has 0 heterocycles. The molecule has 0 aliphatic rings. The summed E-state index contributed by atoms with van der Waals surface area (Å²) >= 11 is 0. The van der Waals surface area contributed by atoms with Crippen molar-refractivity contribution >= 4 is 5.97 Å². The SMILES string of the molecule is CCC(Cc1c(O)cc(O)cc1O)CC(CN)C(=O)O. The Labute approximate surface area is 117 Å². The summed E-state index contributed by atoms with van der Waals surface area (Å²) in [5.74, 6) is -2.21. The zero-order valence-electron chi connectivity index (χ0n) is 11.4. The van der Waals surface area contributed by atoms with Gasteiger partial charge in [0.1, 0.15) is 17.2 Å². The van der Waals surface area contributed by atoms with Gasteiger partial charge in [0.15, 0.2) is 0 Å². The molecule has 6 heteroatoms. The van der Waals surface area contributed by atoms with Gasteiger partial charge < -0.3 is 26.2 Å². The highest BCUT2D eigenvalue weighted by molar-refractivity contribution is 5.70. The average molecular weight is 283 g/mol. The van der Waals surface area contributed by atoms with Gasteiger partial charge in [-0.3, -0.25) is 4.79 Å². The van der Waals surface area contributed by atoms with E-state index in [4.69, 9.17) is 10.8 Å². The topological polar surface area (TPSA) is 124 Å². The highest BCUT2D eigenvalue weighted by Gasteiger charge is 2.22. The van der Waals surface area contributed by atoms with Gasteiger partial charge in [-0.1, -0.05) is 13.3 Å². The number of hydrogen-bond donors (Lipinski definition) is 5. The molecule has 0 aliphatic carbocycles. The molecule has 0 amide bonds. The van der Waals surface area contributed by atoms with Crippen molar-refractivity contribution in [2.75, 3.05) is 6.54 Å². The van der Waals surface area contributed by atoms with Crippen LogP contribution in [0, 0.1) is 11.8 Å². The lowest BCUT2D eigenvalue weighted by Gasteiger charge is -2.20. The Bertz CT molecular complexity index is 452. The van der Waals surface area contributed by atoms with E-state index in [2.05, 4.69) is 0 Å². The first-order valence-electron chi connectivity index (χ1n) is 6.55. The Kier molecular flexibility index (Phi) is 5.64. The summed E-state index contributed by atoms with van der Waals surface area (Å²) in [6.45, 7) is 1.97. The van der Waals surface area contributed by atoms with Gasteiger partial charge in [-0.15, -0.1) is 0 Å². The molecule has 1 aromatic rings. The molecule has 0 aromatic heterocycles. The van der Waals surface area contributed by atoms with Crippen molar-refractivity contribution in [2.45, 2.75) is 26.2 Å². The van der Waals surface area contributed by atoms with Gasteiger partial charge in [0, 0.05) is 24.2 Å². The minimum absolute atomic E-state index is 0.0269. The Balaban J connectivity index is 2.86. The van der Waals surface area contributed by atoms with Crippen LogP contribution >= 0.6 is 0 Å². The lowest BCUT2D eigenvalue weighted by molar-refractivity contribution is -0.142. The Morgan fingerprint density at radius 1 is 1.25 bits per heavy atom. The molecule has 1 aromatic carbocycles. The molecule has 0 saturated heterocycles.